The van der Waals surface area contributed by atoms with Crippen LogP contribution < -0.4 is 0 Å². The molecule has 1 N–H and O–H groups in total. The van der Waals surface area contributed by atoms with E-state index in [1.807, 2.05) is 0 Å². The average Bonchev–Trinajstić information content (AvgIpc) is 2.65. The highest BCUT2D eigenvalue weighted by Gasteiger charge is 2.22. The van der Waals surface area contributed by atoms with Crippen molar-refractivity contribution in [1.29, 1.82) is 0 Å². The summed E-state index contributed by atoms with van der Waals surface area (Å²) in [6.07, 6.45) is 0.688. The van der Waals surface area contributed by atoms with Crippen LogP contribution in [0.2, 0.25) is 0 Å². The molecule has 1 fully saturated rings. The number of likely N-dealkylation sites (tertiary alicyclic amines) is 1. The van der Waals surface area contributed by atoms with Gasteiger partial charge in [0.15, 0.2) is 0 Å². The molecule has 86 valence electrons. The molecule has 1 amide bonds. The SMILES string of the molecule is O=C1CCCN1CC(O)c1ccc(F)cc1. The van der Waals surface area contributed by atoms with Crippen molar-refractivity contribution >= 4 is 5.91 Å². The topological polar surface area (TPSA) is 40.5 Å². The summed E-state index contributed by atoms with van der Waals surface area (Å²) in [6.45, 7) is 1.00. The fourth-order valence-electron chi connectivity index (χ4n) is 1.90. The van der Waals surface area contributed by atoms with Crippen LogP contribution in [0.25, 0.3) is 0 Å². The largest absolute Gasteiger partial charge is 0.387 e. The lowest BCUT2D eigenvalue weighted by Gasteiger charge is -2.20. The highest BCUT2D eigenvalue weighted by molar-refractivity contribution is 5.78. The Morgan fingerprint density at radius 3 is 2.62 bits per heavy atom. The fraction of sp³-hybridized carbons (Fsp3) is 0.417. The molecule has 1 heterocycles. The molecule has 2 rings (SSSR count). The summed E-state index contributed by atoms with van der Waals surface area (Å²) in [6, 6.07) is 5.70. The minimum Gasteiger partial charge on any atom is -0.387 e. The zero-order valence-corrected chi connectivity index (χ0v) is 8.90. The van der Waals surface area contributed by atoms with Crippen molar-refractivity contribution in [2.75, 3.05) is 13.1 Å². The van der Waals surface area contributed by atoms with Crippen LogP contribution in [0.3, 0.4) is 0 Å². The van der Waals surface area contributed by atoms with Gasteiger partial charge in [-0.1, -0.05) is 12.1 Å². The molecule has 4 heteroatoms. The van der Waals surface area contributed by atoms with Gasteiger partial charge < -0.3 is 10.0 Å². The van der Waals surface area contributed by atoms with Crippen LogP contribution in [-0.4, -0.2) is 29.0 Å². The highest BCUT2D eigenvalue weighted by atomic mass is 19.1. The Morgan fingerprint density at radius 1 is 1.38 bits per heavy atom. The van der Waals surface area contributed by atoms with Crippen molar-refractivity contribution in [3.8, 4) is 0 Å². The third-order valence-corrected chi connectivity index (χ3v) is 2.82. The molecule has 0 saturated carbocycles. The van der Waals surface area contributed by atoms with E-state index in [4.69, 9.17) is 0 Å². The van der Waals surface area contributed by atoms with E-state index in [0.29, 0.717) is 25.1 Å². The van der Waals surface area contributed by atoms with Gasteiger partial charge in [0, 0.05) is 13.0 Å². The van der Waals surface area contributed by atoms with E-state index < -0.39 is 6.10 Å². The van der Waals surface area contributed by atoms with Crippen molar-refractivity contribution in [2.24, 2.45) is 0 Å². The molecule has 1 aliphatic heterocycles. The number of amides is 1. The maximum absolute atomic E-state index is 12.7. The van der Waals surface area contributed by atoms with Gasteiger partial charge in [-0.15, -0.1) is 0 Å². The maximum atomic E-state index is 12.7. The van der Waals surface area contributed by atoms with Gasteiger partial charge in [-0.25, -0.2) is 4.39 Å². The van der Waals surface area contributed by atoms with E-state index in [9.17, 15) is 14.3 Å². The van der Waals surface area contributed by atoms with Crippen molar-refractivity contribution in [3.63, 3.8) is 0 Å². The second-order valence-electron chi connectivity index (χ2n) is 4.01. The van der Waals surface area contributed by atoms with Crippen molar-refractivity contribution in [1.82, 2.24) is 4.90 Å². The number of carbonyl (C=O) groups excluding carboxylic acids is 1. The number of hydrogen-bond donors (Lipinski definition) is 1. The molecule has 1 aromatic rings. The standard InChI is InChI=1S/C12H14FNO2/c13-10-5-3-9(4-6-10)11(15)8-14-7-1-2-12(14)16/h3-6,11,15H,1-2,7-8H2. The first kappa shape index (κ1) is 11.1. The molecule has 1 unspecified atom stereocenters. The van der Waals surface area contributed by atoms with Crippen LogP contribution >= 0.6 is 0 Å². The smallest absolute Gasteiger partial charge is 0.222 e. The number of hydrogen-bond acceptors (Lipinski definition) is 2. The van der Waals surface area contributed by atoms with Crippen molar-refractivity contribution in [3.05, 3.63) is 35.6 Å². The van der Waals surface area contributed by atoms with Gasteiger partial charge >= 0.3 is 0 Å². The van der Waals surface area contributed by atoms with Crippen LogP contribution in [0, 0.1) is 5.82 Å². The number of β-amino-alcohol motifs (C(OH)–C–C–N with tert-alkyl or cyclic N) is 1. The Balaban J connectivity index is 1.99. The summed E-state index contributed by atoms with van der Waals surface area (Å²) in [5.41, 5.74) is 0.640. The van der Waals surface area contributed by atoms with E-state index in [2.05, 4.69) is 0 Å². The first-order valence-corrected chi connectivity index (χ1v) is 5.38. The lowest BCUT2D eigenvalue weighted by Crippen LogP contribution is -2.29. The number of halogens is 1. The molecule has 0 radical (unpaired) electrons. The summed E-state index contributed by atoms with van der Waals surface area (Å²) in [5, 5.41) is 9.87. The monoisotopic (exact) mass is 223 g/mol. The van der Waals surface area contributed by atoms with Crippen LogP contribution in [0.5, 0.6) is 0 Å². The van der Waals surface area contributed by atoms with Gasteiger partial charge in [-0.05, 0) is 24.1 Å². The first-order chi connectivity index (χ1) is 7.66. The molecule has 0 aliphatic carbocycles. The summed E-state index contributed by atoms with van der Waals surface area (Å²) in [7, 11) is 0. The predicted octanol–water partition coefficient (Wildman–Crippen LogP) is 1.48. The van der Waals surface area contributed by atoms with Gasteiger partial charge in [-0.2, -0.15) is 0 Å². The van der Waals surface area contributed by atoms with Gasteiger partial charge in [0.05, 0.1) is 12.6 Å². The Kier molecular flexibility index (Phi) is 3.19. The van der Waals surface area contributed by atoms with Gasteiger partial charge in [0.2, 0.25) is 5.91 Å². The molecule has 1 saturated heterocycles. The maximum Gasteiger partial charge on any atom is 0.222 e. The minimum absolute atomic E-state index is 0.0844. The summed E-state index contributed by atoms with van der Waals surface area (Å²) in [4.78, 5) is 13.0. The van der Waals surface area contributed by atoms with Crippen LogP contribution in [0.4, 0.5) is 4.39 Å². The van der Waals surface area contributed by atoms with Crippen molar-refractivity contribution in [2.45, 2.75) is 18.9 Å². The van der Waals surface area contributed by atoms with Crippen LogP contribution in [0.1, 0.15) is 24.5 Å². The molecular weight excluding hydrogens is 209 g/mol. The van der Waals surface area contributed by atoms with E-state index in [-0.39, 0.29) is 11.7 Å². The summed E-state index contributed by atoms with van der Waals surface area (Å²) < 4.78 is 12.7. The second kappa shape index (κ2) is 4.61. The van der Waals surface area contributed by atoms with E-state index in [0.717, 1.165) is 6.42 Å². The Morgan fingerprint density at radius 2 is 2.06 bits per heavy atom. The number of nitrogens with zero attached hydrogens (tertiary/aromatic N) is 1. The fourth-order valence-corrected chi connectivity index (χ4v) is 1.90. The second-order valence-corrected chi connectivity index (χ2v) is 4.01. The molecular formula is C12H14FNO2. The third-order valence-electron chi connectivity index (χ3n) is 2.82. The Bertz CT molecular complexity index is 377. The third kappa shape index (κ3) is 2.39. The molecule has 1 aliphatic rings. The zero-order chi connectivity index (χ0) is 11.5. The van der Waals surface area contributed by atoms with Gasteiger partial charge in [0.25, 0.3) is 0 Å². The van der Waals surface area contributed by atoms with Crippen molar-refractivity contribution < 1.29 is 14.3 Å². The number of aliphatic hydroxyl groups excluding tert-OH is 1. The van der Waals surface area contributed by atoms with E-state index in [1.165, 1.54) is 12.1 Å². The molecule has 1 atom stereocenters. The molecule has 0 aromatic heterocycles. The Labute approximate surface area is 93.5 Å². The average molecular weight is 223 g/mol. The molecule has 1 aromatic carbocycles. The first-order valence-electron chi connectivity index (χ1n) is 5.38. The lowest BCUT2D eigenvalue weighted by atomic mass is 10.1. The molecule has 0 spiro atoms. The van der Waals surface area contributed by atoms with Gasteiger partial charge in [0.1, 0.15) is 5.82 Å². The van der Waals surface area contributed by atoms with Crippen LogP contribution in [0.15, 0.2) is 24.3 Å². The number of benzene rings is 1. The quantitative estimate of drug-likeness (QED) is 0.843. The highest BCUT2D eigenvalue weighted by Crippen LogP contribution is 2.18. The normalized spacial score (nSPS) is 17.9. The number of rotatable bonds is 3. The Hall–Kier alpha value is -1.42. The van der Waals surface area contributed by atoms with E-state index >= 15 is 0 Å². The number of aliphatic hydroxyl groups is 1. The summed E-state index contributed by atoms with van der Waals surface area (Å²) >= 11 is 0. The molecule has 16 heavy (non-hydrogen) atoms. The summed E-state index contributed by atoms with van der Waals surface area (Å²) in [5.74, 6) is -0.241. The minimum atomic E-state index is -0.734. The molecule has 0 bridgehead atoms. The van der Waals surface area contributed by atoms with E-state index in [1.54, 1.807) is 17.0 Å². The van der Waals surface area contributed by atoms with Crippen LogP contribution in [-0.2, 0) is 4.79 Å². The number of carbonyl (C=O) groups is 1. The van der Waals surface area contributed by atoms with Gasteiger partial charge in [-0.3, -0.25) is 4.79 Å². The predicted molar refractivity (Wildman–Crippen MR) is 57.2 cm³/mol. The molecule has 3 nitrogen and oxygen atoms in total. The lowest BCUT2D eigenvalue weighted by molar-refractivity contribution is -0.128. The zero-order valence-electron chi connectivity index (χ0n) is 8.90.